The van der Waals surface area contributed by atoms with Crippen LogP contribution in [0.5, 0.6) is 0 Å². The molecule has 0 bridgehead atoms. The Kier molecular flexibility index (Phi) is 4.86. The summed E-state index contributed by atoms with van der Waals surface area (Å²) in [6.45, 7) is 2.62. The van der Waals surface area contributed by atoms with Crippen molar-refractivity contribution in [2.45, 2.75) is 13.5 Å². The van der Waals surface area contributed by atoms with Crippen LogP contribution in [0.25, 0.3) is 0 Å². The number of benzene rings is 1. The van der Waals surface area contributed by atoms with Gasteiger partial charge in [0.1, 0.15) is 0 Å². The van der Waals surface area contributed by atoms with Crippen molar-refractivity contribution in [2.24, 2.45) is 7.05 Å². The number of nitrogens with zero attached hydrogens (tertiary/aromatic N) is 2. The molecule has 4 nitrogen and oxygen atoms in total. The summed E-state index contributed by atoms with van der Waals surface area (Å²) in [5, 5.41) is 12.0. The van der Waals surface area contributed by atoms with Crippen LogP contribution in [0.15, 0.2) is 24.4 Å². The van der Waals surface area contributed by atoms with Crippen LogP contribution in [-0.2, 0) is 13.6 Å². The first-order chi connectivity index (χ1) is 9.45. The predicted molar refractivity (Wildman–Crippen MR) is 87.5 cm³/mol. The number of aromatic nitrogens is 2. The Morgan fingerprint density at radius 3 is 2.50 bits per heavy atom. The molecular formula is C13H14Cl2N4S. The summed E-state index contributed by atoms with van der Waals surface area (Å²) in [5.74, 6) is 0. The fourth-order valence-corrected chi connectivity index (χ4v) is 2.41. The van der Waals surface area contributed by atoms with E-state index in [1.54, 1.807) is 18.2 Å². The zero-order chi connectivity index (χ0) is 14.7. The van der Waals surface area contributed by atoms with Crippen molar-refractivity contribution >= 4 is 46.2 Å². The van der Waals surface area contributed by atoms with Crippen LogP contribution in [0.3, 0.4) is 0 Å². The molecule has 0 amide bonds. The van der Waals surface area contributed by atoms with E-state index in [2.05, 4.69) is 15.7 Å². The number of thiocarbonyl (C=S) groups is 1. The maximum Gasteiger partial charge on any atom is 0.171 e. The monoisotopic (exact) mass is 328 g/mol. The van der Waals surface area contributed by atoms with E-state index in [1.165, 1.54) is 0 Å². The Balaban J connectivity index is 1.94. The first-order valence-electron chi connectivity index (χ1n) is 5.94. The van der Waals surface area contributed by atoms with Gasteiger partial charge in [0.15, 0.2) is 5.11 Å². The molecule has 0 aliphatic rings. The third kappa shape index (κ3) is 3.85. The molecular weight excluding hydrogens is 315 g/mol. The van der Waals surface area contributed by atoms with Gasteiger partial charge in [0.2, 0.25) is 0 Å². The summed E-state index contributed by atoms with van der Waals surface area (Å²) in [4.78, 5) is 0. The van der Waals surface area contributed by atoms with Crippen molar-refractivity contribution in [2.75, 3.05) is 5.32 Å². The van der Waals surface area contributed by atoms with Gasteiger partial charge in [-0.1, -0.05) is 23.2 Å². The topological polar surface area (TPSA) is 41.9 Å². The minimum Gasteiger partial charge on any atom is -0.358 e. The summed E-state index contributed by atoms with van der Waals surface area (Å²) >= 11 is 17.1. The average Bonchev–Trinajstić information content (AvgIpc) is 2.66. The molecule has 0 aliphatic carbocycles. The fraction of sp³-hybridized carbons (Fsp3) is 0.231. The lowest BCUT2D eigenvalue weighted by Gasteiger charge is -2.11. The van der Waals surface area contributed by atoms with Crippen molar-refractivity contribution in [1.82, 2.24) is 15.1 Å². The molecule has 2 N–H and O–H groups in total. The van der Waals surface area contributed by atoms with E-state index in [0.29, 0.717) is 21.7 Å². The highest BCUT2D eigenvalue weighted by atomic mass is 35.5. The Bertz CT molecular complexity index is 619. The molecule has 1 aromatic heterocycles. The van der Waals surface area contributed by atoms with Gasteiger partial charge in [0, 0.05) is 40.6 Å². The van der Waals surface area contributed by atoms with Gasteiger partial charge in [-0.05, 0) is 37.3 Å². The van der Waals surface area contributed by atoms with Crippen molar-refractivity contribution in [3.05, 3.63) is 45.7 Å². The van der Waals surface area contributed by atoms with E-state index < -0.39 is 0 Å². The summed E-state index contributed by atoms with van der Waals surface area (Å²) in [6, 6.07) is 5.19. The smallest absolute Gasteiger partial charge is 0.171 e. The lowest BCUT2D eigenvalue weighted by Crippen LogP contribution is -2.28. The molecule has 7 heteroatoms. The lowest BCUT2D eigenvalue weighted by atomic mass is 10.2. The molecule has 2 rings (SSSR count). The Morgan fingerprint density at radius 2 is 1.95 bits per heavy atom. The van der Waals surface area contributed by atoms with Crippen molar-refractivity contribution in [3.63, 3.8) is 0 Å². The fourth-order valence-electron chi connectivity index (χ4n) is 1.69. The van der Waals surface area contributed by atoms with Crippen LogP contribution in [-0.4, -0.2) is 14.9 Å². The highest BCUT2D eigenvalue weighted by Crippen LogP contribution is 2.22. The molecule has 0 aliphatic heterocycles. The first kappa shape index (κ1) is 15.1. The van der Waals surface area contributed by atoms with E-state index in [0.717, 1.165) is 16.9 Å². The Morgan fingerprint density at radius 1 is 1.30 bits per heavy atom. The molecule has 0 fully saturated rings. The van der Waals surface area contributed by atoms with E-state index in [1.807, 2.05) is 24.9 Å². The van der Waals surface area contributed by atoms with E-state index in [4.69, 9.17) is 35.4 Å². The second-order valence-electron chi connectivity index (χ2n) is 4.34. The van der Waals surface area contributed by atoms with E-state index in [9.17, 15) is 0 Å². The number of anilines is 1. The molecule has 0 unspecified atom stereocenters. The maximum atomic E-state index is 5.93. The van der Waals surface area contributed by atoms with Gasteiger partial charge in [-0.3, -0.25) is 4.68 Å². The minimum atomic E-state index is 0.506. The van der Waals surface area contributed by atoms with Gasteiger partial charge in [0.25, 0.3) is 0 Å². The van der Waals surface area contributed by atoms with Crippen molar-refractivity contribution < 1.29 is 0 Å². The zero-order valence-electron chi connectivity index (χ0n) is 11.1. The second-order valence-corrected chi connectivity index (χ2v) is 5.63. The van der Waals surface area contributed by atoms with E-state index >= 15 is 0 Å². The van der Waals surface area contributed by atoms with Gasteiger partial charge in [-0.25, -0.2) is 0 Å². The van der Waals surface area contributed by atoms with Gasteiger partial charge in [-0.2, -0.15) is 5.10 Å². The summed E-state index contributed by atoms with van der Waals surface area (Å²) in [6.07, 6.45) is 1.82. The van der Waals surface area contributed by atoms with Crippen LogP contribution in [0.1, 0.15) is 11.3 Å². The predicted octanol–water partition coefficient (Wildman–Crippen LogP) is 3.52. The second kappa shape index (κ2) is 6.43. The van der Waals surface area contributed by atoms with Gasteiger partial charge in [-0.15, -0.1) is 0 Å². The normalized spacial score (nSPS) is 10.4. The number of hydrogen-bond acceptors (Lipinski definition) is 2. The molecule has 106 valence electrons. The van der Waals surface area contributed by atoms with Gasteiger partial charge < -0.3 is 10.6 Å². The number of nitrogens with one attached hydrogen (secondary N) is 2. The van der Waals surface area contributed by atoms with Crippen LogP contribution < -0.4 is 10.6 Å². The average molecular weight is 329 g/mol. The standard InChI is InChI=1S/C13H14Cl2N4S/c1-8-9(7-17-19(8)2)6-16-13(20)18-12-4-10(14)3-11(15)5-12/h3-5,7H,6H2,1-2H3,(H2,16,18,20). The number of aryl methyl sites for hydroxylation is 1. The zero-order valence-corrected chi connectivity index (χ0v) is 13.4. The van der Waals surface area contributed by atoms with Crippen molar-refractivity contribution in [3.8, 4) is 0 Å². The quantitative estimate of drug-likeness (QED) is 0.846. The van der Waals surface area contributed by atoms with Crippen LogP contribution in [0, 0.1) is 6.92 Å². The number of hydrogen-bond donors (Lipinski definition) is 2. The number of halogens is 2. The largest absolute Gasteiger partial charge is 0.358 e. The van der Waals surface area contributed by atoms with E-state index in [-0.39, 0.29) is 0 Å². The molecule has 0 atom stereocenters. The first-order valence-corrected chi connectivity index (χ1v) is 7.10. The molecule has 0 spiro atoms. The summed E-state index contributed by atoms with van der Waals surface area (Å²) < 4.78 is 1.82. The molecule has 1 aromatic carbocycles. The van der Waals surface area contributed by atoms with Crippen molar-refractivity contribution in [1.29, 1.82) is 0 Å². The molecule has 0 radical (unpaired) electrons. The van der Waals surface area contributed by atoms with Crippen LogP contribution in [0.4, 0.5) is 5.69 Å². The highest BCUT2D eigenvalue weighted by Gasteiger charge is 2.05. The minimum absolute atomic E-state index is 0.506. The summed E-state index contributed by atoms with van der Waals surface area (Å²) in [5.41, 5.74) is 2.95. The lowest BCUT2D eigenvalue weighted by molar-refractivity contribution is 0.736. The Labute approximate surface area is 133 Å². The van der Waals surface area contributed by atoms with Crippen LogP contribution in [0.2, 0.25) is 10.0 Å². The number of rotatable bonds is 3. The molecule has 2 aromatic rings. The molecule has 0 saturated heterocycles. The molecule has 0 saturated carbocycles. The SMILES string of the molecule is Cc1c(CNC(=S)Nc2cc(Cl)cc(Cl)c2)cnn1C. The molecule has 1 heterocycles. The highest BCUT2D eigenvalue weighted by molar-refractivity contribution is 7.80. The third-order valence-corrected chi connectivity index (χ3v) is 3.58. The third-order valence-electron chi connectivity index (χ3n) is 2.90. The Hall–Kier alpha value is -1.30. The van der Waals surface area contributed by atoms with Gasteiger partial charge in [0.05, 0.1) is 6.20 Å². The summed E-state index contributed by atoms with van der Waals surface area (Å²) in [7, 11) is 1.91. The van der Waals surface area contributed by atoms with Crippen LogP contribution >= 0.6 is 35.4 Å². The molecule has 20 heavy (non-hydrogen) atoms. The maximum absolute atomic E-state index is 5.93. The van der Waals surface area contributed by atoms with Gasteiger partial charge >= 0.3 is 0 Å².